The highest BCUT2D eigenvalue weighted by molar-refractivity contribution is 5.89. The molecular formula is C13H15NO3. The van der Waals surface area contributed by atoms with E-state index in [1.54, 1.807) is 12.3 Å². The largest absolute Gasteiger partial charge is 0.464 e. The lowest BCUT2D eigenvalue weighted by Crippen LogP contribution is -2.27. The first kappa shape index (κ1) is 11.5. The van der Waals surface area contributed by atoms with Crippen molar-refractivity contribution in [2.24, 2.45) is 0 Å². The van der Waals surface area contributed by atoms with Gasteiger partial charge in [0, 0.05) is 11.1 Å². The highest BCUT2D eigenvalue weighted by Crippen LogP contribution is 2.20. The van der Waals surface area contributed by atoms with E-state index in [-0.39, 0.29) is 0 Å². The number of ether oxygens (including phenoxy) is 1. The van der Waals surface area contributed by atoms with Gasteiger partial charge in [0.1, 0.15) is 11.2 Å². The molecule has 1 N–H and O–H groups in total. The van der Waals surface area contributed by atoms with Gasteiger partial charge in [0.2, 0.25) is 0 Å². The van der Waals surface area contributed by atoms with Crippen LogP contribution in [0.4, 0.5) is 10.5 Å². The van der Waals surface area contributed by atoms with Crippen LogP contribution in [0.15, 0.2) is 34.9 Å². The first-order valence-corrected chi connectivity index (χ1v) is 5.41. The normalized spacial score (nSPS) is 11.5. The minimum atomic E-state index is -0.496. The number of hydrogen-bond donors (Lipinski definition) is 1. The Balaban J connectivity index is 2.10. The van der Waals surface area contributed by atoms with Gasteiger partial charge < -0.3 is 9.15 Å². The third kappa shape index (κ3) is 3.00. The second-order valence-corrected chi connectivity index (χ2v) is 4.80. The van der Waals surface area contributed by atoms with E-state index in [0.717, 1.165) is 11.0 Å². The van der Waals surface area contributed by atoms with E-state index in [4.69, 9.17) is 9.15 Å². The Morgan fingerprint density at radius 1 is 1.29 bits per heavy atom. The SMILES string of the molecule is CC(C)(C)OC(=O)Nc1ccc2occc2c1. The van der Waals surface area contributed by atoms with Crippen molar-refractivity contribution in [3.63, 3.8) is 0 Å². The number of anilines is 1. The zero-order valence-corrected chi connectivity index (χ0v) is 10.1. The molecule has 0 aliphatic carbocycles. The number of carbonyl (C=O) groups excluding carboxylic acids is 1. The maximum absolute atomic E-state index is 11.5. The lowest BCUT2D eigenvalue weighted by Gasteiger charge is -2.19. The van der Waals surface area contributed by atoms with E-state index in [1.165, 1.54) is 0 Å². The molecule has 2 rings (SSSR count). The topological polar surface area (TPSA) is 51.5 Å². The molecule has 0 fully saturated rings. The van der Waals surface area contributed by atoms with Gasteiger partial charge in [-0.1, -0.05) is 0 Å². The molecule has 0 saturated carbocycles. The van der Waals surface area contributed by atoms with Crippen molar-refractivity contribution >= 4 is 22.7 Å². The highest BCUT2D eigenvalue weighted by Gasteiger charge is 2.16. The number of rotatable bonds is 1. The molecule has 4 heteroatoms. The van der Waals surface area contributed by atoms with Gasteiger partial charge in [0.05, 0.1) is 6.26 Å². The number of carbonyl (C=O) groups is 1. The molecule has 0 bridgehead atoms. The van der Waals surface area contributed by atoms with E-state index < -0.39 is 11.7 Å². The number of fused-ring (bicyclic) bond motifs is 1. The molecule has 0 aliphatic rings. The summed E-state index contributed by atoms with van der Waals surface area (Å²) in [6, 6.07) is 7.26. The number of furan rings is 1. The maximum Gasteiger partial charge on any atom is 0.412 e. The van der Waals surface area contributed by atoms with Crippen LogP contribution in [0.5, 0.6) is 0 Å². The van der Waals surface area contributed by atoms with Crippen molar-refractivity contribution in [1.29, 1.82) is 0 Å². The maximum atomic E-state index is 11.5. The van der Waals surface area contributed by atoms with Gasteiger partial charge in [-0.05, 0) is 45.0 Å². The summed E-state index contributed by atoms with van der Waals surface area (Å²) in [5.41, 5.74) is 0.983. The quantitative estimate of drug-likeness (QED) is 0.815. The minimum absolute atomic E-state index is 0.458. The average molecular weight is 233 g/mol. The Labute approximate surface area is 99.6 Å². The molecule has 4 nitrogen and oxygen atoms in total. The molecule has 1 aromatic carbocycles. The Hall–Kier alpha value is -1.97. The van der Waals surface area contributed by atoms with Crippen LogP contribution in [0.1, 0.15) is 20.8 Å². The summed E-state index contributed by atoms with van der Waals surface area (Å²) < 4.78 is 10.4. The average Bonchev–Trinajstić information content (AvgIpc) is 2.61. The van der Waals surface area contributed by atoms with Crippen LogP contribution in [0.2, 0.25) is 0 Å². The number of hydrogen-bond acceptors (Lipinski definition) is 3. The van der Waals surface area contributed by atoms with Gasteiger partial charge in [-0.2, -0.15) is 0 Å². The van der Waals surface area contributed by atoms with Crippen LogP contribution in [-0.4, -0.2) is 11.7 Å². The summed E-state index contributed by atoms with van der Waals surface area (Å²) in [6.07, 6.45) is 1.16. The second kappa shape index (κ2) is 4.13. The Bertz CT molecular complexity index is 537. The third-order valence-corrected chi connectivity index (χ3v) is 2.10. The highest BCUT2D eigenvalue weighted by atomic mass is 16.6. The van der Waals surface area contributed by atoms with Crippen LogP contribution in [0, 0.1) is 0 Å². The molecule has 0 unspecified atom stereocenters. The predicted octanol–water partition coefficient (Wildman–Crippen LogP) is 3.78. The fourth-order valence-corrected chi connectivity index (χ4v) is 1.47. The molecule has 0 aliphatic heterocycles. The molecule has 0 saturated heterocycles. The zero-order chi connectivity index (χ0) is 12.5. The van der Waals surface area contributed by atoms with Gasteiger partial charge in [-0.3, -0.25) is 5.32 Å². The smallest absolute Gasteiger partial charge is 0.412 e. The molecule has 90 valence electrons. The molecular weight excluding hydrogens is 218 g/mol. The minimum Gasteiger partial charge on any atom is -0.464 e. The number of benzene rings is 1. The molecule has 1 heterocycles. The van der Waals surface area contributed by atoms with Crippen molar-refractivity contribution < 1.29 is 13.9 Å². The van der Waals surface area contributed by atoms with Gasteiger partial charge >= 0.3 is 6.09 Å². The van der Waals surface area contributed by atoms with Crippen molar-refractivity contribution in [3.8, 4) is 0 Å². The fourth-order valence-electron chi connectivity index (χ4n) is 1.47. The zero-order valence-electron chi connectivity index (χ0n) is 10.1. The van der Waals surface area contributed by atoms with Crippen molar-refractivity contribution in [3.05, 3.63) is 30.5 Å². The first-order chi connectivity index (χ1) is 7.94. The summed E-state index contributed by atoms with van der Waals surface area (Å²) in [4.78, 5) is 11.5. The van der Waals surface area contributed by atoms with E-state index in [1.807, 2.05) is 39.0 Å². The lowest BCUT2D eigenvalue weighted by molar-refractivity contribution is 0.0636. The van der Waals surface area contributed by atoms with E-state index in [0.29, 0.717) is 5.69 Å². The third-order valence-electron chi connectivity index (χ3n) is 2.10. The summed E-state index contributed by atoms with van der Waals surface area (Å²) >= 11 is 0. The van der Waals surface area contributed by atoms with Crippen LogP contribution >= 0.6 is 0 Å². The van der Waals surface area contributed by atoms with Crippen LogP contribution in [0.25, 0.3) is 11.0 Å². The Morgan fingerprint density at radius 3 is 2.76 bits per heavy atom. The van der Waals surface area contributed by atoms with Gasteiger partial charge in [-0.15, -0.1) is 0 Å². The molecule has 0 atom stereocenters. The summed E-state index contributed by atoms with van der Waals surface area (Å²) in [7, 11) is 0. The number of nitrogens with one attached hydrogen (secondary N) is 1. The van der Waals surface area contributed by atoms with Gasteiger partial charge in [-0.25, -0.2) is 4.79 Å². The van der Waals surface area contributed by atoms with E-state index in [9.17, 15) is 4.79 Å². The molecule has 1 aromatic heterocycles. The van der Waals surface area contributed by atoms with Crippen molar-refractivity contribution in [1.82, 2.24) is 0 Å². The Morgan fingerprint density at radius 2 is 2.06 bits per heavy atom. The van der Waals surface area contributed by atoms with Crippen LogP contribution < -0.4 is 5.32 Å². The molecule has 0 spiro atoms. The van der Waals surface area contributed by atoms with Gasteiger partial charge in [0.25, 0.3) is 0 Å². The molecule has 0 radical (unpaired) electrons. The monoisotopic (exact) mass is 233 g/mol. The summed E-state index contributed by atoms with van der Waals surface area (Å²) in [5, 5.41) is 3.62. The molecule has 2 aromatic rings. The van der Waals surface area contributed by atoms with Crippen molar-refractivity contribution in [2.75, 3.05) is 5.32 Å². The standard InChI is InChI=1S/C13H15NO3/c1-13(2,3)17-12(15)14-10-4-5-11-9(8-10)6-7-16-11/h4-8H,1-3H3,(H,14,15). The summed E-state index contributed by atoms with van der Waals surface area (Å²) in [5.74, 6) is 0. The fraction of sp³-hybridized carbons (Fsp3) is 0.308. The molecule has 1 amide bonds. The van der Waals surface area contributed by atoms with E-state index in [2.05, 4.69) is 5.32 Å². The second-order valence-electron chi connectivity index (χ2n) is 4.80. The summed E-state index contributed by atoms with van der Waals surface area (Å²) in [6.45, 7) is 5.48. The first-order valence-electron chi connectivity index (χ1n) is 5.41. The van der Waals surface area contributed by atoms with Crippen molar-refractivity contribution in [2.45, 2.75) is 26.4 Å². The Kier molecular flexibility index (Phi) is 2.79. The number of amides is 1. The van der Waals surface area contributed by atoms with Crippen LogP contribution in [-0.2, 0) is 4.74 Å². The van der Waals surface area contributed by atoms with E-state index >= 15 is 0 Å². The van der Waals surface area contributed by atoms with Gasteiger partial charge in [0.15, 0.2) is 0 Å². The molecule has 17 heavy (non-hydrogen) atoms. The van der Waals surface area contributed by atoms with Crippen LogP contribution in [0.3, 0.4) is 0 Å². The lowest BCUT2D eigenvalue weighted by atomic mass is 10.2. The predicted molar refractivity (Wildman–Crippen MR) is 66.1 cm³/mol.